The number of anilines is 2. The highest BCUT2D eigenvalue weighted by atomic mass is 19.1. The van der Waals surface area contributed by atoms with E-state index >= 15 is 0 Å². The van der Waals surface area contributed by atoms with Crippen molar-refractivity contribution in [2.24, 2.45) is 0 Å². The monoisotopic (exact) mass is 518 g/mol. The van der Waals surface area contributed by atoms with Crippen LogP contribution in [0.3, 0.4) is 0 Å². The van der Waals surface area contributed by atoms with E-state index in [4.69, 9.17) is 0 Å². The van der Waals surface area contributed by atoms with Gasteiger partial charge < -0.3 is 20.4 Å². The molecule has 2 N–H and O–H groups in total. The van der Waals surface area contributed by atoms with Crippen LogP contribution in [0.2, 0.25) is 0 Å². The van der Waals surface area contributed by atoms with Crippen molar-refractivity contribution in [3.8, 4) is 0 Å². The average Bonchev–Trinajstić information content (AvgIpc) is 2.87. The quantitative estimate of drug-likeness (QED) is 0.457. The second-order valence-electron chi connectivity index (χ2n) is 9.49. The van der Waals surface area contributed by atoms with Crippen LogP contribution in [0.4, 0.5) is 25.0 Å². The van der Waals surface area contributed by atoms with E-state index in [1.807, 2.05) is 48.2 Å². The highest BCUT2D eigenvalue weighted by Crippen LogP contribution is 2.29. The summed E-state index contributed by atoms with van der Waals surface area (Å²) in [6.07, 6.45) is 12.6. The average molecular weight is 519 g/mol. The summed E-state index contributed by atoms with van der Waals surface area (Å²) in [5, 5.41) is 4.86. The van der Waals surface area contributed by atoms with Crippen molar-refractivity contribution < 1.29 is 18.4 Å². The summed E-state index contributed by atoms with van der Waals surface area (Å²) in [5.74, 6) is -1.78. The Morgan fingerprint density at radius 2 is 1.87 bits per heavy atom. The van der Waals surface area contributed by atoms with Crippen LogP contribution >= 0.6 is 0 Å². The van der Waals surface area contributed by atoms with Gasteiger partial charge in [-0.25, -0.2) is 13.6 Å². The lowest BCUT2D eigenvalue weighted by Gasteiger charge is -2.30. The van der Waals surface area contributed by atoms with Crippen LogP contribution in [-0.2, 0) is 6.54 Å². The molecule has 8 heteroatoms. The minimum Gasteiger partial charge on any atom is -0.377 e. The molecule has 0 radical (unpaired) electrons. The Labute approximate surface area is 222 Å². The maximum Gasteiger partial charge on any atom is 0.319 e. The van der Waals surface area contributed by atoms with Crippen molar-refractivity contribution in [1.29, 1.82) is 0 Å². The topological polar surface area (TPSA) is 64.7 Å². The summed E-state index contributed by atoms with van der Waals surface area (Å²) in [6, 6.07) is 8.01. The van der Waals surface area contributed by atoms with Crippen LogP contribution in [0, 0.1) is 11.6 Å². The number of amides is 3. The Morgan fingerprint density at radius 3 is 2.63 bits per heavy atom. The predicted molar refractivity (Wildman–Crippen MR) is 146 cm³/mol. The summed E-state index contributed by atoms with van der Waals surface area (Å²) in [6.45, 7) is 0.751. The van der Waals surface area contributed by atoms with Crippen molar-refractivity contribution in [3.05, 3.63) is 100 Å². The molecule has 198 valence electrons. The van der Waals surface area contributed by atoms with E-state index in [1.165, 1.54) is 6.07 Å². The second kappa shape index (κ2) is 12.4. The number of nitrogens with one attached hydrogen (secondary N) is 2. The zero-order valence-corrected chi connectivity index (χ0v) is 21.7. The minimum absolute atomic E-state index is 0.0684. The Bertz CT molecular complexity index is 1320. The number of allylic oxidation sites excluding steroid dienone is 4. The van der Waals surface area contributed by atoms with E-state index in [1.54, 1.807) is 12.1 Å². The van der Waals surface area contributed by atoms with Gasteiger partial charge in [0, 0.05) is 50.6 Å². The molecule has 6 nitrogen and oxygen atoms in total. The molecule has 0 bridgehead atoms. The first-order valence-electron chi connectivity index (χ1n) is 12.8. The van der Waals surface area contributed by atoms with Crippen LogP contribution < -0.4 is 15.5 Å². The first-order chi connectivity index (χ1) is 18.3. The highest BCUT2D eigenvalue weighted by Gasteiger charge is 2.24. The van der Waals surface area contributed by atoms with Gasteiger partial charge in [-0.2, -0.15) is 0 Å². The fraction of sp³-hybridized carbons (Fsp3) is 0.300. The molecule has 0 saturated carbocycles. The highest BCUT2D eigenvalue weighted by molar-refractivity contribution is 5.97. The first kappa shape index (κ1) is 26.9. The van der Waals surface area contributed by atoms with E-state index in [-0.39, 0.29) is 12.5 Å². The fourth-order valence-corrected chi connectivity index (χ4v) is 4.66. The molecule has 3 amide bonds. The number of halogens is 2. The van der Waals surface area contributed by atoms with Crippen LogP contribution in [0.15, 0.2) is 77.7 Å². The molecule has 0 fully saturated rings. The first-order valence-corrected chi connectivity index (χ1v) is 12.8. The van der Waals surface area contributed by atoms with Crippen LogP contribution in [0.1, 0.15) is 48.0 Å². The van der Waals surface area contributed by atoms with Gasteiger partial charge in [0.05, 0.1) is 0 Å². The van der Waals surface area contributed by atoms with Crippen LogP contribution in [-0.4, -0.2) is 37.5 Å². The summed E-state index contributed by atoms with van der Waals surface area (Å²) in [5.41, 5.74) is 6.91. The molecule has 0 atom stereocenters. The van der Waals surface area contributed by atoms with Gasteiger partial charge >= 0.3 is 6.03 Å². The van der Waals surface area contributed by atoms with Crippen molar-refractivity contribution in [2.45, 2.75) is 38.6 Å². The van der Waals surface area contributed by atoms with Gasteiger partial charge in [-0.05, 0) is 66.8 Å². The van der Waals surface area contributed by atoms with Crippen molar-refractivity contribution in [1.82, 2.24) is 10.2 Å². The van der Waals surface area contributed by atoms with Crippen molar-refractivity contribution in [2.75, 3.05) is 30.9 Å². The molecule has 1 aliphatic heterocycles. The van der Waals surface area contributed by atoms with Crippen LogP contribution in [0.25, 0.3) is 0 Å². The molecule has 2 aromatic rings. The predicted octanol–water partition coefficient (Wildman–Crippen LogP) is 6.29. The van der Waals surface area contributed by atoms with Gasteiger partial charge in [0.25, 0.3) is 5.91 Å². The molecule has 2 aromatic carbocycles. The molecule has 1 aliphatic carbocycles. The Hall–Kier alpha value is -4.16. The number of carbonyl (C=O) groups is 2. The fourth-order valence-electron chi connectivity index (χ4n) is 4.66. The van der Waals surface area contributed by atoms with Gasteiger partial charge in [0.15, 0.2) is 0 Å². The third-order valence-electron chi connectivity index (χ3n) is 6.62. The van der Waals surface area contributed by atoms with Crippen LogP contribution in [0.5, 0.6) is 0 Å². The molecule has 4 rings (SSSR count). The van der Waals surface area contributed by atoms with Gasteiger partial charge in [-0.15, -0.1) is 5.73 Å². The van der Waals surface area contributed by atoms with Gasteiger partial charge in [0.2, 0.25) is 0 Å². The normalized spacial score (nSPS) is 17.9. The molecule has 0 saturated heterocycles. The van der Waals surface area contributed by atoms with E-state index in [0.717, 1.165) is 60.3 Å². The maximum absolute atomic E-state index is 13.9. The number of nitrogens with zero attached hydrogens (tertiary/aromatic N) is 2. The molecule has 0 aromatic heterocycles. The summed E-state index contributed by atoms with van der Waals surface area (Å²) >= 11 is 0. The summed E-state index contributed by atoms with van der Waals surface area (Å²) in [4.78, 5) is 29.9. The molecule has 0 spiro atoms. The zero-order chi connectivity index (χ0) is 27.1. The zero-order valence-electron chi connectivity index (χ0n) is 21.7. The maximum atomic E-state index is 13.9. The number of rotatable bonds is 5. The number of carbonyl (C=O) groups excluding carboxylic acids is 2. The van der Waals surface area contributed by atoms with Crippen molar-refractivity contribution in [3.63, 3.8) is 0 Å². The second-order valence-corrected chi connectivity index (χ2v) is 9.49. The SMILES string of the molecule is CN(C)c1cc(C(=O)N2CCCCC/C3=C\2C/C=C\C=C=C3)ccc1CNC(=O)Nc1c(F)cccc1F. The largest absolute Gasteiger partial charge is 0.377 e. The molecule has 2 aliphatic rings. The molecular weight excluding hydrogens is 486 g/mol. The smallest absolute Gasteiger partial charge is 0.319 e. The number of benzene rings is 2. The Kier molecular flexibility index (Phi) is 8.77. The molecule has 0 unspecified atom stereocenters. The number of hydrogen-bond acceptors (Lipinski definition) is 3. The standard InChI is InChI=1S/C30H32F2N4O2/c1-35(2)27-19-22(16-17-23(27)20-33-30(38)34-28-24(31)13-10-14-25(28)32)29(37)36-18-9-5-7-12-21-11-6-3-4-8-15-26(21)36/h3-4,8,10-11,13-14,16-17,19H,5,7,9,12,15,18,20H2,1-2H3,(H2,33,34,38)/b8-4-,26-21-. The Balaban J connectivity index is 1.54. The van der Waals surface area contributed by atoms with E-state index < -0.39 is 23.4 Å². The third-order valence-corrected chi connectivity index (χ3v) is 6.62. The Morgan fingerprint density at radius 1 is 1.08 bits per heavy atom. The lowest BCUT2D eigenvalue weighted by atomic mass is 9.97. The van der Waals surface area contributed by atoms with Gasteiger partial charge in [-0.3, -0.25) is 4.79 Å². The molecule has 1 heterocycles. The summed E-state index contributed by atoms with van der Waals surface area (Å²) < 4.78 is 27.7. The van der Waals surface area contributed by atoms with E-state index in [9.17, 15) is 18.4 Å². The van der Waals surface area contributed by atoms with Crippen molar-refractivity contribution >= 4 is 23.3 Å². The number of hydrogen-bond donors (Lipinski definition) is 2. The molecule has 38 heavy (non-hydrogen) atoms. The summed E-state index contributed by atoms with van der Waals surface area (Å²) in [7, 11) is 3.71. The minimum atomic E-state index is -0.856. The number of urea groups is 1. The number of para-hydroxylation sites is 1. The van der Waals surface area contributed by atoms with Gasteiger partial charge in [0.1, 0.15) is 17.3 Å². The third kappa shape index (κ3) is 6.39. The lowest BCUT2D eigenvalue weighted by molar-refractivity contribution is 0.0796. The lowest BCUT2D eigenvalue weighted by Crippen LogP contribution is -2.33. The van der Waals surface area contributed by atoms with E-state index in [0.29, 0.717) is 18.5 Å². The molecular formula is C30H32F2N4O2. The van der Waals surface area contributed by atoms with Gasteiger partial charge in [-0.1, -0.05) is 30.7 Å². The van der Waals surface area contributed by atoms with E-state index in [2.05, 4.69) is 22.4 Å².